The van der Waals surface area contributed by atoms with E-state index in [2.05, 4.69) is 16.4 Å². The molecule has 2 heterocycles. The van der Waals surface area contributed by atoms with Gasteiger partial charge in [-0.1, -0.05) is 11.6 Å². The third kappa shape index (κ3) is 3.02. The van der Waals surface area contributed by atoms with Gasteiger partial charge in [0, 0.05) is 22.6 Å². The number of hydrogen-bond donors (Lipinski definition) is 2. The lowest BCUT2D eigenvalue weighted by Crippen LogP contribution is -2.36. The van der Waals surface area contributed by atoms with E-state index < -0.39 is 9.84 Å². The average Bonchev–Trinajstić information content (AvgIpc) is 2.91. The third-order valence-electron chi connectivity index (χ3n) is 4.21. The van der Waals surface area contributed by atoms with Gasteiger partial charge >= 0.3 is 0 Å². The second-order valence-corrected chi connectivity index (χ2v) is 8.35. The summed E-state index contributed by atoms with van der Waals surface area (Å²) < 4.78 is 22.9. The van der Waals surface area contributed by atoms with Crippen LogP contribution in [0.5, 0.6) is 0 Å². The van der Waals surface area contributed by atoms with Gasteiger partial charge in [0.1, 0.15) is 0 Å². The van der Waals surface area contributed by atoms with E-state index in [-0.39, 0.29) is 29.9 Å². The molecule has 0 aliphatic carbocycles. The molecule has 1 aliphatic rings. The van der Waals surface area contributed by atoms with Crippen molar-refractivity contribution in [2.75, 3.05) is 11.5 Å². The third-order valence-corrected chi connectivity index (χ3v) is 5.98. The number of amides is 1. The molecule has 0 radical (unpaired) electrons. The minimum absolute atomic E-state index is 0.0602. The number of nitrogens with one attached hydrogen (secondary N) is 2. The number of rotatable bonds is 3. The van der Waals surface area contributed by atoms with Crippen LogP contribution < -0.4 is 5.32 Å². The van der Waals surface area contributed by atoms with Crippen molar-refractivity contribution in [1.82, 2.24) is 10.3 Å². The Kier molecular flexibility index (Phi) is 3.72. The van der Waals surface area contributed by atoms with Crippen LogP contribution in [0.25, 0.3) is 10.9 Å². The Morgan fingerprint density at radius 2 is 2.14 bits per heavy atom. The Morgan fingerprint density at radius 1 is 1.36 bits per heavy atom. The van der Waals surface area contributed by atoms with Crippen LogP contribution in [0.15, 0.2) is 18.2 Å². The van der Waals surface area contributed by atoms with E-state index in [9.17, 15) is 13.2 Å². The van der Waals surface area contributed by atoms with Crippen LogP contribution in [0.1, 0.15) is 23.2 Å². The molecule has 3 rings (SSSR count). The number of aromatic amines is 1. The highest BCUT2D eigenvalue weighted by Gasteiger charge is 2.29. The number of carbonyl (C=O) groups is 1. The van der Waals surface area contributed by atoms with Crippen LogP contribution in [0, 0.1) is 13.8 Å². The summed E-state index contributed by atoms with van der Waals surface area (Å²) in [6.07, 6.45) is 0.784. The van der Waals surface area contributed by atoms with Crippen LogP contribution in [0.3, 0.4) is 0 Å². The fourth-order valence-electron chi connectivity index (χ4n) is 3.07. The van der Waals surface area contributed by atoms with Crippen LogP contribution in [-0.4, -0.2) is 36.9 Å². The predicted octanol–water partition coefficient (Wildman–Crippen LogP) is 1.63. The highest BCUT2D eigenvalue weighted by Crippen LogP contribution is 2.24. The number of carbonyl (C=O) groups excluding carboxylic acids is 1. The Bertz CT molecular complexity index is 836. The zero-order chi connectivity index (χ0) is 15.9. The van der Waals surface area contributed by atoms with Crippen molar-refractivity contribution in [3.05, 3.63) is 35.0 Å². The SMILES string of the molecule is Cc1ccc2[nH]c(C)c(CC(=O)N[C@@H]3CCS(=O)(=O)C3)c2c1. The molecule has 1 amide bonds. The van der Waals surface area contributed by atoms with Crippen LogP contribution in [0.2, 0.25) is 0 Å². The average molecular weight is 320 g/mol. The molecule has 0 unspecified atom stereocenters. The maximum absolute atomic E-state index is 12.2. The summed E-state index contributed by atoms with van der Waals surface area (Å²) in [5, 5.41) is 3.91. The van der Waals surface area contributed by atoms with Crippen molar-refractivity contribution >= 4 is 26.6 Å². The van der Waals surface area contributed by atoms with Gasteiger partial charge in [-0.25, -0.2) is 8.42 Å². The summed E-state index contributed by atoms with van der Waals surface area (Å²) in [5.74, 6) is 0.112. The monoisotopic (exact) mass is 320 g/mol. The van der Waals surface area contributed by atoms with Gasteiger partial charge in [0.05, 0.1) is 17.9 Å². The lowest BCUT2D eigenvalue weighted by molar-refractivity contribution is -0.120. The van der Waals surface area contributed by atoms with E-state index >= 15 is 0 Å². The number of H-pyrrole nitrogens is 1. The first-order valence-electron chi connectivity index (χ1n) is 7.42. The molecule has 1 aromatic carbocycles. The smallest absolute Gasteiger partial charge is 0.224 e. The maximum atomic E-state index is 12.2. The maximum Gasteiger partial charge on any atom is 0.224 e. The Morgan fingerprint density at radius 3 is 2.82 bits per heavy atom. The summed E-state index contributed by atoms with van der Waals surface area (Å²) >= 11 is 0. The van der Waals surface area contributed by atoms with Crippen LogP contribution in [-0.2, 0) is 21.1 Å². The molecule has 5 nitrogen and oxygen atoms in total. The standard InChI is InChI=1S/C16H20N2O3S/c1-10-3-4-15-14(7-10)13(11(2)17-15)8-16(19)18-12-5-6-22(20,21)9-12/h3-4,7,12,17H,5-6,8-9H2,1-2H3,(H,18,19)/t12-/m1/s1. The van der Waals surface area contributed by atoms with Gasteiger partial charge in [-0.05, 0) is 38.0 Å². The van der Waals surface area contributed by atoms with E-state index in [1.807, 2.05) is 26.0 Å². The largest absolute Gasteiger partial charge is 0.358 e. The lowest BCUT2D eigenvalue weighted by atomic mass is 10.1. The fraction of sp³-hybridized carbons (Fsp3) is 0.438. The van der Waals surface area contributed by atoms with Gasteiger partial charge in [-0.3, -0.25) is 4.79 Å². The molecule has 1 atom stereocenters. The highest BCUT2D eigenvalue weighted by molar-refractivity contribution is 7.91. The molecule has 1 aliphatic heterocycles. The summed E-state index contributed by atoms with van der Waals surface area (Å²) in [6, 6.07) is 5.88. The van der Waals surface area contributed by atoms with E-state index in [1.54, 1.807) is 0 Å². The second kappa shape index (κ2) is 5.43. The van der Waals surface area contributed by atoms with Crippen molar-refractivity contribution in [1.29, 1.82) is 0 Å². The fourth-order valence-corrected chi connectivity index (χ4v) is 4.75. The van der Waals surface area contributed by atoms with Gasteiger partial charge in [-0.15, -0.1) is 0 Å². The van der Waals surface area contributed by atoms with Crippen LogP contribution in [0.4, 0.5) is 0 Å². The zero-order valence-corrected chi connectivity index (χ0v) is 13.6. The Hall–Kier alpha value is -1.82. The minimum atomic E-state index is -2.97. The first-order valence-corrected chi connectivity index (χ1v) is 9.24. The number of fused-ring (bicyclic) bond motifs is 1. The minimum Gasteiger partial charge on any atom is -0.358 e. The van der Waals surface area contributed by atoms with Gasteiger partial charge in [0.2, 0.25) is 5.91 Å². The first kappa shape index (κ1) is 15.1. The molecular weight excluding hydrogens is 300 g/mol. The van der Waals surface area contributed by atoms with Crippen molar-refractivity contribution in [2.45, 2.75) is 32.7 Å². The van der Waals surface area contributed by atoms with Crippen LogP contribution >= 0.6 is 0 Å². The number of sulfone groups is 1. The highest BCUT2D eigenvalue weighted by atomic mass is 32.2. The van der Waals surface area contributed by atoms with Crippen molar-refractivity contribution < 1.29 is 13.2 Å². The number of benzene rings is 1. The number of aromatic nitrogens is 1. The van der Waals surface area contributed by atoms with Gasteiger partial charge in [0.15, 0.2) is 9.84 Å². The Balaban J connectivity index is 1.77. The molecule has 6 heteroatoms. The normalized spacial score (nSPS) is 20.4. The molecule has 1 saturated heterocycles. The van der Waals surface area contributed by atoms with E-state index in [4.69, 9.17) is 0 Å². The summed E-state index contributed by atoms with van der Waals surface area (Å²) in [7, 11) is -2.97. The second-order valence-electron chi connectivity index (χ2n) is 6.12. The molecule has 22 heavy (non-hydrogen) atoms. The van der Waals surface area contributed by atoms with Crippen molar-refractivity contribution in [3.63, 3.8) is 0 Å². The number of aryl methyl sites for hydroxylation is 2. The predicted molar refractivity (Wildman–Crippen MR) is 86.7 cm³/mol. The van der Waals surface area contributed by atoms with E-state index in [1.165, 1.54) is 0 Å². The summed E-state index contributed by atoms with van der Waals surface area (Å²) in [6.45, 7) is 3.98. The molecule has 118 valence electrons. The molecular formula is C16H20N2O3S. The van der Waals surface area contributed by atoms with Crippen molar-refractivity contribution in [2.24, 2.45) is 0 Å². The molecule has 1 fully saturated rings. The quantitative estimate of drug-likeness (QED) is 0.902. The van der Waals surface area contributed by atoms with E-state index in [0.717, 1.165) is 27.7 Å². The molecule has 0 bridgehead atoms. The van der Waals surface area contributed by atoms with E-state index in [0.29, 0.717) is 6.42 Å². The zero-order valence-electron chi connectivity index (χ0n) is 12.8. The van der Waals surface area contributed by atoms with Crippen molar-refractivity contribution in [3.8, 4) is 0 Å². The topological polar surface area (TPSA) is 79.0 Å². The summed E-state index contributed by atoms with van der Waals surface area (Å²) in [5.41, 5.74) is 4.14. The first-order chi connectivity index (χ1) is 10.3. The molecule has 0 spiro atoms. The Labute approximate surface area is 130 Å². The summed E-state index contributed by atoms with van der Waals surface area (Å²) in [4.78, 5) is 15.5. The number of hydrogen-bond acceptors (Lipinski definition) is 3. The van der Waals surface area contributed by atoms with Gasteiger partial charge < -0.3 is 10.3 Å². The molecule has 2 aromatic rings. The lowest BCUT2D eigenvalue weighted by Gasteiger charge is -2.11. The molecule has 1 aromatic heterocycles. The van der Waals surface area contributed by atoms with Gasteiger partial charge in [-0.2, -0.15) is 0 Å². The van der Waals surface area contributed by atoms with Gasteiger partial charge in [0.25, 0.3) is 0 Å². The molecule has 0 saturated carbocycles. The molecule has 2 N–H and O–H groups in total.